The summed E-state index contributed by atoms with van der Waals surface area (Å²) >= 11 is 16.2. The van der Waals surface area contributed by atoms with E-state index in [0.29, 0.717) is 0 Å². The molecule has 1 radical (unpaired) electrons. The monoisotopic (exact) mass is 407 g/mol. The Balaban J connectivity index is 2.10. The van der Waals surface area contributed by atoms with E-state index in [9.17, 15) is 0 Å². The van der Waals surface area contributed by atoms with Crippen LogP contribution in [-0.2, 0) is 0 Å². The maximum atomic E-state index is 6.03. The van der Waals surface area contributed by atoms with E-state index in [1.807, 2.05) is 36.4 Å². The summed E-state index contributed by atoms with van der Waals surface area (Å²) in [4.78, 5) is 0. The van der Waals surface area contributed by atoms with Gasteiger partial charge in [0, 0.05) is 0 Å². The van der Waals surface area contributed by atoms with Crippen LogP contribution >= 0.6 is 34.8 Å². The summed E-state index contributed by atoms with van der Waals surface area (Å²) in [6, 6.07) is 24.5. The van der Waals surface area contributed by atoms with Crippen molar-refractivity contribution in [1.82, 2.24) is 0 Å². The second kappa shape index (κ2) is 7.10. The number of benzene rings is 3. The molecule has 0 nitrogen and oxygen atoms in total. The quantitative estimate of drug-likeness (QED) is 0.572. The van der Waals surface area contributed by atoms with Crippen molar-refractivity contribution >= 4 is 62.3 Å². The zero-order valence-corrected chi connectivity index (χ0v) is 15.9. The fourth-order valence-electron chi connectivity index (χ4n) is 2.35. The molecule has 0 fully saturated rings. The molecule has 0 spiro atoms. The van der Waals surface area contributed by atoms with Gasteiger partial charge in [0.2, 0.25) is 0 Å². The first-order valence-corrected chi connectivity index (χ1v) is 11.1. The van der Waals surface area contributed by atoms with Gasteiger partial charge in [-0.05, 0) is 0 Å². The van der Waals surface area contributed by atoms with Gasteiger partial charge in [-0.2, -0.15) is 0 Å². The molecular weight excluding hydrogens is 395 g/mol. The molecular formula is C18H12Cl3Ge. The Labute approximate surface area is 149 Å². The van der Waals surface area contributed by atoms with E-state index >= 15 is 0 Å². The van der Waals surface area contributed by atoms with E-state index < -0.39 is 14.3 Å². The van der Waals surface area contributed by atoms with Crippen LogP contribution in [0, 0.1) is 0 Å². The van der Waals surface area contributed by atoms with Crippen LogP contribution in [0.4, 0.5) is 0 Å². The molecule has 0 aliphatic heterocycles. The molecule has 0 N–H and O–H groups in total. The second-order valence-corrected chi connectivity index (χ2v) is 11.4. The molecule has 109 valence electrons. The van der Waals surface area contributed by atoms with Crippen LogP contribution < -0.4 is 13.2 Å². The normalized spacial score (nSPS) is 10.9. The Morgan fingerprint density at radius 2 is 0.636 bits per heavy atom. The van der Waals surface area contributed by atoms with Crippen molar-refractivity contribution in [3.05, 3.63) is 87.9 Å². The predicted molar refractivity (Wildman–Crippen MR) is 99.0 cm³/mol. The topological polar surface area (TPSA) is 0 Å². The fraction of sp³-hybridized carbons (Fsp3) is 0. The zero-order valence-electron chi connectivity index (χ0n) is 11.6. The molecule has 0 aliphatic rings. The predicted octanol–water partition coefficient (Wildman–Crippen LogP) is 4.16. The molecule has 0 bridgehead atoms. The second-order valence-electron chi connectivity index (χ2n) is 4.90. The summed E-state index contributed by atoms with van der Waals surface area (Å²) in [5, 5.41) is 2.27. The summed E-state index contributed by atoms with van der Waals surface area (Å²) in [7, 11) is 0. The van der Waals surface area contributed by atoms with Crippen LogP contribution in [0.1, 0.15) is 0 Å². The fourth-order valence-corrected chi connectivity index (χ4v) is 7.97. The summed E-state index contributed by atoms with van der Waals surface area (Å²) in [5.74, 6) is 0. The molecule has 22 heavy (non-hydrogen) atoms. The van der Waals surface area contributed by atoms with Gasteiger partial charge < -0.3 is 0 Å². The molecule has 0 aliphatic carbocycles. The Morgan fingerprint density at radius 3 is 0.864 bits per heavy atom. The van der Waals surface area contributed by atoms with E-state index in [1.54, 1.807) is 0 Å². The van der Waals surface area contributed by atoms with Gasteiger partial charge in [-0.25, -0.2) is 0 Å². The van der Waals surface area contributed by atoms with Crippen molar-refractivity contribution < 1.29 is 0 Å². The first-order valence-electron chi connectivity index (χ1n) is 6.78. The standard InChI is InChI=1S/C18H12Cl3Ge/c19-13-1-7-16(8-2-13)22(17-9-3-14(20)4-10-17)18-11-5-15(21)6-12-18/h1-12H. The van der Waals surface area contributed by atoms with Gasteiger partial charge in [0.1, 0.15) is 0 Å². The van der Waals surface area contributed by atoms with Gasteiger partial charge in [0.05, 0.1) is 0 Å². The molecule has 3 rings (SSSR count). The third-order valence-electron chi connectivity index (χ3n) is 3.40. The average Bonchev–Trinajstić information content (AvgIpc) is 2.53. The number of hydrogen-bond acceptors (Lipinski definition) is 0. The van der Waals surface area contributed by atoms with Crippen LogP contribution in [0.3, 0.4) is 0 Å². The van der Waals surface area contributed by atoms with Gasteiger partial charge in [-0.1, -0.05) is 0 Å². The van der Waals surface area contributed by atoms with Crippen LogP contribution in [-0.4, -0.2) is 14.3 Å². The molecule has 0 amide bonds. The Hall–Kier alpha value is -0.927. The average molecular weight is 407 g/mol. The Morgan fingerprint density at radius 1 is 0.409 bits per heavy atom. The SMILES string of the molecule is Clc1cc[c]([Ge]([c]2ccc(Cl)cc2)[c]2ccc(Cl)cc2)cc1. The molecule has 4 heteroatoms. The maximum absolute atomic E-state index is 6.03. The molecule has 0 saturated carbocycles. The van der Waals surface area contributed by atoms with Crippen LogP contribution in [0.25, 0.3) is 0 Å². The van der Waals surface area contributed by atoms with E-state index in [-0.39, 0.29) is 0 Å². The van der Waals surface area contributed by atoms with Crippen LogP contribution in [0.5, 0.6) is 0 Å². The van der Waals surface area contributed by atoms with E-state index in [0.717, 1.165) is 15.1 Å². The van der Waals surface area contributed by atoms with Gasteiger partial charge in [-0.3, -0.25) is 0 Å². The van der Waals surface area contributed by atoms with E-state index in [4.69, 9.17) is 34.8 Å². The van der Waals surface area contributed by atoms with E-state index in [1.165, 1.54) is 13.2 Å². The molecule has 0 saturated heterocycles. The molecule has 0 unspecified atom stereocenters. The van der Waals surface area contributed by atoms with Crippen LogP contribution in [0.2, 0.25) is 15.1 Å². The minimum absolute atomic E-state index is 0.758. The Kier molecular flexibility index (Phi) is 5.15. The zero-order chi connectivity index (χ0) is 15.5. The molecule has 0 aromatic heterocycles. The Bertz CT molecular complexity index is 642. The third kappa shape index (κ3) is 3.69. The van der Waals surface area contributed by atoms with Crippen molar-refractivity contribution in [2.24, 2.45) is 0 Å². The summed E-state index contributed by atoms with van der Waals surface area (Å²) < 4.78 is 4.03. The van der Waals surface area contributed by atoms with Gasteiger partial charge in [0.15, 0.2) is 0 Å². The first kappa shape index (κ1) is 15.9. The molecule has 3 aromatic carbocycles. The van der Waals surface area contributed by atoms with Gasteiger partial charge >= 0.3 is 150 Å². The van der Waals surface area contributed by atoms with Gasteiger partial charge in [-0.15, -0.1) is 0 Å². The van der Waals surface area contributed by atoms with Crippen molar-refractivity contribution in [2.75, 3.05) is 0 Å². The van der Waals surface area contributed by atoms with Crippen molar-refractivity contribution in [1.29, 1.82) is 0 Å². The van der Waals surface area contributed by atoms with Crippen molar-refractivity contribution in [3.63, 3.8) is 0 Å². The summed E-state index contributed by atoms with van der Waals surface area (Å²) in [6.45, 7) is 0. The molecule has 0 heterocycles. The van der Waals surface area contributed by atoms with Crippen molar-refractivity contribution in [3.8, 4) is 0 Å². The minimum atomic E-state index is -1.88. The van der Waals surface area contributed by atoms with Crippen LogP contribution in [0.15, 0.2) is 72.8 Å². The van der Waals surface area contributed by atoms with Gasteiger partial charge in [0.25, 0.3) is 0 Å². The number of hydrogen-bond donors (Lipinski definition) is 0. The summed E-state index contributed by atoms with van der Waals surface area (Å²) in [6.07, 6.45) is 0. The van der Waals surface area contributed by atoms with E-state index in [2.05, 4.69) is 36.4 Å². The molecule has 0 atom stereocenters. The first-order chi connectivity index (χ1) is 10.6. The molecule has 3 aromatic rings. The summed E-state index contributed by atoms with van der Waals surface area (Å²) in [5.41, 5.74) is 0. The third-order valence-corrected chi connectivity index (χ3v) is 9.89. The van der Waals surface area contributed by atoms with Crippen molar-refractivity contribution in [2.45, 2.75) is 0 Å². The number of halogens is 3. The number of rotatable bonds is 3.